The molecule has 0 aromatic rings. The summed E-state index contributed by atoms with van der Waals surface area (Å²) in [7, 11) is -2.93. The number of hydrogen-bond acceptors (Lipinski definition) is 7. The molecule has 0 rings (SSSR count). The lowest BCUT2D eigenvalue weighted by atomic mass is 10.3. The second-order valence-electron chi connectivity index (χ2n) is 10.2. The molecule has 0 aliphatic carbocycles. The molecule has 0 spiro atoms. The van der Waals surface area contributed by atoms with Gasteiger partial charge < -0.3 is 33.0 Å². The van der Waals surface area contributed by atoms with Crippen LogP contribution in [-0.4, -0.2) is 77.0 Å². The number of rotatable bonds is 30. The van der Waals surface area contributed by atoms with Crippen LogP contribution >= 0.6 is 7.14 Å². The molecule has 38 heavy (non-hydrogen) atoms. The fourth-order valence-corrected chi connectivity index (χ4v) is 6.36. The Balaban J connectivity index is 5.81. The van der Waals surface area contributed by atoms with E-state index in [1.54, 1.807) is 0 Å². The smallest absolute Gasteiger partial charge is 0.164 e. The highest BCUT2D eigenvalue weighted by atomic mass is 31.2. The summed E-state index contributed by atoms with van der Waals surface area (Å²) in [5.41, 5.74) is 0. The maximum atomic E-state index is 14.8. The van der Waals surface area contributed by atoms with E-state index in [9.17, 15) is 4.57 Å². The van der Waals surface area contributed by atoms with E-state index >= 15 is 0 Å². The predicted octanol–water partition coefficient (Wildman–Crippen LogP) is 8.23. The minimum atomic E-state index is -2.93. The van der Waals surface area contributed by atoms with Crippen molar-refractivity contribution in [2.75, 3.05) is 58.1 Å². The van der Waals surface area contributed by atoms with E-state index in [1.807, 2.05) is 0 Å². The molecular formula is C30H63O7P. The lowest BCUT2D eigenvalue weighted by Gasteiger charge is -2.30. The van der Waals surface area contributed by atoms with Gasteiger partial charge in [0.25, 0.3) is 0 Å². The lowest BCUT2D eigenvalue weighted by molar-refractivity contribution is -0.137. The van der Waals surface area contributed by atoms with Crippen LogP contribution in [0.15, 0.2) is 0 Å². The Labute approximate surface area is 235 Å². The normalized spacial score (nSPS) is 12.4. The van der Waals surface area contributed by atoms with Crippen molar-refractivity contribution in [1.29, 1.82) is 0 Å². The van der Waals surface area contributed by atoms with Crippen LogP contribution in [0.5, 0.6) is 0 Å². The zero-order valence-electron chi connectivity index (χ0n) is 25.9. The highest BCUT2D eigenvalue weighted by Crippen LogP contribution is 2.49. The van der Waals surface area contributed by atoms with E-state index < -0.39 is 26.0 Å². The number of hydrogen-bond donors (Lipinski definition) is 0. The van der Waals surface area contributed by atoms with Gasteiger partial charge in [0.1, 0.15) is 7.14 Å². The van der Waals surface area contributed by atoms with Crippen molar-refractivity contribution in [3.8, 4) is 0 Å². The maximum Gasteiger partial charge on any atom is 0.164 e. The van der Waals surface area contributed by atoms with Crippen molar-refractivity contribution in [2.24, 2.45) is 0 Å². The molecule has 0 saturated carbocycles. The highest BCUT2D eigenvalue weighted by molar-refractivity contribution is 7.64. The largest absolute Gasteiger partial charge is 0.352 e. The summed E-state index contributed by atoms with van der Waals surface area (Å²) in [6, 6.07) is 0. The summed E-state index contributed by atoms with van der Waals surface area (Å²) in [5, 5.41) is 0. The Bertz CT molecular complexity index is 433. The molecule has 0 aromatic heterocycles. The Morgan fingerprint density at radius 1 is 0.395 bits per heavy atom. The van der Waals surface area contributed by atoms with Crippen molar-refractivity contribution in [2.45, 2.75) is 137 Å². The molecule has 0 aliphatic rings. The third-order valence-electron chi connectivity index (χ3n) is 6.26. The first-order valence-electron chi connectivity index (χ1n) is 15.7. The van der Waals surface area contributed by atoms with Gasteiger partial charge in [0.15, 0.2) is 18.9 Å². The van der Waals surface area contributed by atoms with Crippen LogP contribution in [0, 0.1) is 0 Å². The molecule has 0 fully saturated rings. The van der Waals surface area contributed by atoms with Gasteiger partial charge in [-0.3, -0.25) is 0 Å². The molecule has 0 radical (unpaired) electrons. The molecule has 8 heteroatoms. The van der Waals surface area contributed by atoms with Crippen molar-refractivity contribution in [3.63, 3.8) is 0 Å². The fourth-order valence-electron chi connectivity index (χ4n) is 3.65. The van der Waals surface area contributed by atoms with E-state index in [2.05, 4.69) is 41.5 Å². The van der Waals surface area contributed by atoms with Gasteiger partial charge >= 0.3 is 0 Å². The molecule has 0 unspecified atom stereocenters. The Morgan fingerprint density at radius 2 is 0.579 bits per heavy atom. The van der Waals surface area contributed by atoms with Crippen LogP contribution in [0.1, 0.15) is 119 Å². The van der Waals surface area contributed by atoms with E-state index in [0.29, 0.717) is 58.1 Å². The summed E-state index contributed by atoms with van der Waals surface area (Å²) in [5.74, 6) is 0. The molecule has 0 atom stereocenters. The summed E-state index contributed by atoms with van der Waals surface area (Å²) in [6.45, 7) is 16.4. The molecule has 0 N–H and O–H groups in total. The molecule has 7 nitrogen and oxygen atoms in total. The zero-order valence-corrected chi connectivity index (χ0v) is 26.8. The second kappa shape index (κ2) is 27.2. The summed E-state index contributed by atoms with van der Waals surface area (Å²) >= 11 is 0. The van der Waals surface area contributed by atoms with Gasteiger partial charge in [0.05, 0.1) is 18.5 Å². The zero-order chi connectivity index (χ0) is 28.3. The monoisotopic (exact) mass is 566 g/mol. The van der Waals surface area contributed by atoms with E-state index in [-0.39, 0.29) is 0 Å². The Morgan fingerprint density at radius 3 is 0.737 bits per heavy atom. The first-order valence-corrected chi connectivity index (χ1v) is 18.0. The quantitative estimate of drug-likeness (QED) is 0.0492. The van der Waals surface area contributed by atoms with E-state index in [1.165, 1.54) is 0 Å². The molecule has 0 bridgehead atoms. The fraction of sp³-hybridized carbons (Fsp3) is 1.00. The first kappa shape index (κ1) is 38.0. The average Bonchev–Trinajstić information content (AvgIpc) is 2.89. The SMILES string of the molecule is CCCCOC(CP(=O)(CC(OCCCC)OCCCC)CC(OCCCC)OCCCC)OCCCC. The summed E-state index contributed by atoms with van der Waals surface area (Å²) in [4.78, 5) is 0. The lowest BCUT2D eigenvalue weighted by Crippen LogP contribution is -2.32. The van der Waals surface area contributed by atoms with Crippen LogP contribution in [0.3, 0.4) is 0 Å². The van der Waals surface area contributed by atoms with Gasteiger partial charge in [-0.2, -0.15) is 0 Å². The predicted molar refractivity (Wildman–Crippen MR) is 159 cm³/mol. The third kappa shape index (κ3) is 21.8. The summed E-state index contributed by atoms with van der Waals surface area (Å²) in [6.07, 6.45) is 11.3. The molecule has 0 heterocycles. The highest BCUT2D eigenvalue weighted by Gasteiger charge is 2.35. The van der Waals surface area contributed by atoms with Gasteiger partial charge in [0.2, 0.25) is 0 Å². The van der Waals surface area contributed by atoms with Crippen LogP contribution < -0.4 is 0 Å². The van der Waals surface area contributed by atoms with Gasteiger partial charge in [-0.15, -0.1) is 0 Å². The molecule has 230 valence electrons. The molecular weight excluding hydrogens is 503 g/mol. The molecule has 0 aliphatic heterocycles. The van der Waals surface area contributed by atoms with Crippen LogP contribution in [0.2, 0.25) is 0 Å². The standard InChI is InChI=1S/C30H63O7P/c1-7-13-19-32-28(33-20-14-8-2)25-38(31,26-29(34-21-15-9-3)35-22-16-10-4)27-30(36-23-17-11-5)37-24-18-12-6/h28-30H,7-27H2,1-6H3. The van der Waals surface area contributed by atoms with Crippen molar-refractivity contribution in [3.05, 3.63) is 0 Å². The third-order valence-corrected chi connectivity index (χ3v) is 9.15. The second-order valence-corrected chi connectivity index (χ2v) is 13.5. The van der Waals surface area contributed by atoms with Gasteiger partial charge in [-0.1, -0.05) is 80.1 Å². The average molecular weight is 567 g/mol. The Kier molecular flexibility index (Phi) is 27.2. The van der Waals surface area contributed by atoms with Gasteiger partial charge in [0, 0.05) is 39.6 Å². The molecule has 0 saturated heterocycles. The minimum absolute atomic E-state index is 0.315. The van der Waals surface area contributed by atoms with Crippen LogP contribution in [-0.2, 0) is 33.0 Å². The first-order chi connectivity index (χ1) is 18.5. The van der Waals surface area contributed by atoms with Gasteiger partial charge in [-0.25, -0.2) is 0 Å². The van der Waals surface area contributed by atoms with E-state index in [0.717, 1.165) is 77.0 Å². The molecule has 0 amide bonds. The number of unbranched alkanes of at least 4 members (excludes halogenated alkanes) is 6. The Hall–Kier alpha value is -0.0100. The van der Waals surface area contributed by atoms with Crippen molar-refractivity contribution >= 4 is 7.14 Å². The van der Waals surface area contributed by atoms with Gasteiger partial charge in [-0.05, 0) is 38.5 Å². The molecule has 0 aromatic carbocycles. The minimum Gasteiger partial charge on any atom is -0.352 e. The van der Waals surface area contributed by atoms with Crippen LogP contribution in [0.25, 0.3) is 0 Å². The topological polar surface area (TPSA) is 72.5 Å². The van der Waals surface area contributed by atoms with Crippen LogP contribution in [0.4, 0.5) is 0 Å². The van der Waals surface area contributed by atoms with Crippen molar-refractivity contribution in [1.82, 2.24) is 0 Å². The summed E-state index contributed by atoms with van der Waals surface area (Å²) < 4.78 is 51.5. The number of ether oxygens (including phenoxy) is 6. The van der Waals surface area contributed by atoms with E-state index in [4.69, 9.17) is 28.4 Å². The van der Waals surface area contributed by atoms with Crippen molar-refractivity contribution < 1.29 is 33.0 Å². The maximum absolute atomic E-state index is 14.8.